The number of unbranched alkanes of at least 4 members (excludes halogenated alkanes) is 5. The molecule has 0 radical (unpaired) electrons. The smallest absolute Gasteiger partial charge is 0.126 e. The van der Waals surface area contributed by atoms with E-state index >= 15 is 0 Å². The first-order chi connectivity index (χ1) is 28.2. The van der Waals surface area contributed by atoms with Crippen LogP contribution in [-0.4, -0.2) is 13.7 Å². The topological polar surface area (TPSA) is 18.5 Å². The molecule has 288 valence electrons. The van der Waals surface area contributed by atoms with Crippen LogP contribution in [0, 0.1) is 0 Å². The molecule has 57 heavy (non-hydrogen) atoms. The van der Waals surface area contributed by atoms with E-state index in [1.807, 2.05) is 7.11 Å². The van der Waals surface area contributed by atoms with Crippen LogP contribution in [0.3, 0.4) is 0 Å². The van der Waals surface area contributed by atoms with Crippen LogP contribution in [0.15, 0.2) is 194 Å². The van der Waals surface area contributed by atoms with Crippen molar-refractivity contribution in [2.24, 2.45) is 0 Å². The number of hydrogen-bond donors (Lipinski definition) is 0. The summed E-state index contributed by atoms with van der Waals surface area (Å²) in [5.74, 6) is 1.88. The highest BCUT2D eigenvalue weighted by Gasteiger charge is 2.48. The lowest BCUT2D eigenvalue weighted by molar-refractivity contribution is 0.301. The average molecular weight is 787 g/mol. The second kappa shape index (κ2) is 19.9. The molecule has 0 aliphatic heterocycles. The fraction of sp³-hybridized carbons (Fsp3) is 0.208. The van der Waals surface area contributed by atoms with Crippen LogP contribution in [0.4, 0.5) is 0 Å². The Hall–Kier alpha value is -5.00. The van der Waals surface area contributed by atoms with Crippen molar-refractivity contribution < 1.29 is 9.47 Å². The molecule has 0 saturated carbocycles. The summed E-state index contributed by atoms with van der Waals surface area (Å²) in [4.78, 5) is 0. The Labute approximate surface area is 342 Å². The molecule has 7 rings (SSSR count). The standard InChI is InChI=1S/C53H56O2P2/c1-3-4-5-6-7-26-39-55-53-41-44(42-56(46-27-14-8-15-28-46,47-29-16-9-17-30-47)48-31-18-10-19-32-48)52(54-2)40-45(53)43-57(49-33-20-11-21-34-49,50-35-22-12-23-36-50)51-37-24-13-25-38-51/h8-25,27-38,40-41H,3-7,26,39,42-43H2,1-2H3/q+2. The third-order valence-corrected chi connectivity index (χ3v) is 19.9. The SMILES string of the molecule is CCCCCCCCOc1cc(C[P+](c2ccccc2)(c2ccccc2)c2ccccc2)c(OC)cc1C[P+](c1ccccc1)(c1ccccc1)c1ccccc1. The van der Waals surface area contributed by atoms with Crippen molar-refractivity contribution in [3.05, 3.63) is 205 Å². The fourth-order valence-corrected chi connectivity index (χ4v) is 16.8. The number of ether oxygens (including phenoxy) is 2. The minimum atomic E-state index is -2.22. The van der Waals surface area contributed by atoms with Gasteiger partial charge in [-0.25, -0.2) is 0 Å². The van der Waals surface area contributed by atoms with Crippen molar-refractivity contribution in [3.8, 4) is 11.5 Å². The second-order valence-corrected chi connectivity index (χ2v) is 21.8. The molecule has 0 fully saturated rings. The summed E-state index contributed by atoms with van der Waals surface area (Å²) in [5.41, 5.74) is 2.36. The first kappa shape index (κ1) is 40.2. The summed E-state index contributed by atoms with van der Waals surface area (Å²) < 4.78 is 13.5. The maximum Gasteiger partial charge on any atom is 0.126 e. The summed E-state index contributed by atoms with van der Waals surface area (Å²) in [6, 6.07) is 71.6. The van der Waals surface area contributed by atoms with Crippen LogP contribution >= 0.6 is 14.5 Å². The molecule has 0 amide bonds. The van der Waals surface area contributed by atoms with E-state index in [-0.39, 0.29) is 0 Å². The van der Waals surface area contributed by atoms with Crippen LogP contribution in [0.5, 0.6) is 11.5 Å². The van der Waals surface area contributed by atoms with Gasteiger partial charge in [0.2, 0.25) is 0 Å². The Morgan fingerprint density at radius 1 is 0.368 bits per heavy atom. The Kier molecular flexibility index (Phi) is 14.1. The van der Waals surface area contributed by atoms with Crippen LogP contribution in [0.25, 0.3) is 0 Å². The zero-order valence-corrected chi connectivity index (χ0v) is 35.3. The Bertz CT molecular complexity index is 2040. The van der Waals surface area contributed by atoms with Crippen molar-refractivity contribution in [2.45, 2.75) is 57.8 Å². The van der Waals surface area contributed by atoms with Crippen LogP contribution < -0.4 is 41.3 Å². The molecular formula is C53H56O2P2+2. The summed E-state index contributed by atoms with van der Waals surface area (Å²) >= 11 is 0. The highest BCUT2D eigenvalue weighted by molar-refractivity contribution is 7.95. The number of methoxy groups -OCH3 is 1. The van der Waals surface area contributed by atoms with E-state index < -0.39 is 14.5 Å². The minimum Gasteiger partial charge on any atom is -0.496 e. The molecule has 0 heterocycles. The fourth-order valence-electron chi connectivity index (χ4n) is 8.33. The van der Waals surface area contributed by atoms with Gasteiger partial charge in [-0.05, 0) is 91.3 Å². The number of benzene rings is 7. The molecule has 0 aliphatic rings. The van der Waals surface area contributed by atoms with E-state index in [9.17, 15) is 0 Å². The lowest BCUT2D eigenvalue weighted by Crippen LogP contribution is -2.33. The van der Waals surface area contributed by atoms with Gasteiger partial charge >= 0.3 is 0 Å². The zero-order valence-electron chi connectivity index (χ0n) is 33.6. The summed E-state index contributed by atoms with van der Waals surface area (Å²) in [5, 5.41) is 8.12. The lowest BCUT2D eigenvalue weighted by atomic mass is 10.1. The molecule has 0 N–H and O–H groups in total. The Balaban J connectivity index is 1.41. The molecular weight excluding hydrogens is 731 g/mol. The van der Waals surface area contributed by atoms with Crippen molar-refractivity contribution >= 4 is 46.4 Å². The molecule has 0 aromatic heterocycles. The molecule has 4 heteroatoms. The van der Waals surface area contributed by atoms with Gasteiger partial charge in [0.05, 0.1) is 13.7 Å². The van der Waals surface area contributed by atoms with Crippen molar-refractivity contribution in [3.63, 3.8) is 0 Å². The maximum atomic E-state index is 7.04. The number of rotatable bonds is 19. The van der Waals surface area contributed by atoms with Gasteiger partial charge in [-0.3, -0.25) is 0 Å². The van der Waals surface area contributed by atoms with Gasteiger partial charge in [-0.15, -0.1) is 0 Å². The second-order valence-electron chi connectivity index (χ2n) is 14.8. The molecule has 7 aromatic carbocycles. The van der Waals surface area contributed by atoms with Gasteiger partial charge < -0.3 is 9.47 Å². The minimum absolute atomic E-state index is 0.689. The maximum absolute atomic E-state index is 7.04. The highest BCUT2D eigenvalue weighted by Crippen LogP contribution is 2.61. The van der Waals surface area contributed by atoms with Crippen LogP contribution in [0.1, 0.15) is 56.6 Å². The molecule has 0 atom stereocenters. The lowest BCUT2D eigenvalue weighted by Gasteiger charge is -2.30. The first-order valence-electron chi connectivity index (χ1n) is 20.6. The molecule has 7 aromatic rings. The predicted molar refractivity (Wildman–Crippen MR) is 250 cm³/mol. The molecule has 0 aliphatic carbocycles. The predicted octanol–water partition coefficient (Wildman–Crippen LogP) is 11.4. The first-order valence-corrected chi connectivity index (χ1v) is 24.6. The Morgan fingerprint density at radius 2 is 0.667 bits per heavy atom. The summed E-state index contributed by atoms with van der Waals surface area (Å²) in [7, 11) is -2.59. The monoisotopic (exact) mass is 786 g/mol. The molecule has 0 bridgehead atoms. The summed E-state index contributed by atoms with van der Waals surface area (Å²) in [6.07, 6.45) is 8.92. The van der Waals surface area contributed by atoms with Gasteiger partial charge in [-0.1, -0.05) is 148 Å². The third-order valence-electron chi connectivity index (χ3n) is 11.2. The van der Waals surface area contributed by atoms with Crippen molar-refractivity contribution in [1.82, 2.24) is 0 Å². The van der Waals surface area contributed by atoms with Gasteiger partial charge in [0.1, 0.15) is 70.2 Å². The van der Waals surface area contributed by atoms with E-state index in [4.69, 9.17) is 9.47 Å². The van der Waals surface area contributed by atoms with E-state index in [1.165, 1.54) is 75.1 Å². The molecule has 0 saturated heterocycles. The van der Waals surface area contributed by atoms with Gasteiger partial charge in [-0.2, -0.15) is 0 Å². The van der Waals surface area contributed by atoms with Gasteiger partial charge in [0, 0.05) is 11.1 Å². The highest BCUT2D eigenvalue weighted by atomic mass is 31.2. The van der Waals surface area contributed by atoms with E-state index in [1.54, 1.807) is 0 Å². The zero-order chi connectivity index (χ0) is 39.2. The van der Waals surface area contributed by atoms with Crippen LogP contribution in [0.2, 0.25) is 0 Å². The van der Waals surface area contributed by atoms with Crippen molar-refractivity contribution in [2.75, 3.05) is 13.7 Å². The van der Waals surface area contributed by atoms with E-state index in [0.29, 0.717) is 6.61 Å². The molecule has 2 nitrogen and oxygen atoms in total. The quantitative estimate of drug-likeness (QED) is 0.0600. The van der Waals surface area contributed by atoms with E-state index in [0.717, 1.165) is 30.2 Å². The van der Waals surface area contributed by atoms with Gasteiger partial charge in [0.15, 0.2) is 0 Å². The number of hydrogen-bond acceptors (Lipinski definition) is 2. The average Bonchev–Trinajstić information content (AvgIpc) is 3.29. The normalized spacial score (nSPS) is 11.6. The molecule has 0 spiro atoms. The third kappa shape index (κ3) is 9.10. The van der Waals surface area contributed by atoms with Crippen molar-refractivity contribution in [1.29, 1.82) is 0 Å². The van der Waals surface area contributed by atoms with Crippen LogP contribution in [-0.2, 0) is 12.3 Å². The summed E-state index contributed by atoms with van der Waals surface area (Å²) in [6.45, 7) is 2.97. The largest absolute Gasteiger partial charge is 0.496 e. The van der Waals surface area contributed by atoms with Gasteiger partial charge in [0.25, 0.3) is 0 Å². The molecule has 0 unspecified atom stereocenters. The van der Waals surface area contributed by atoms with E-state index in [2.05, 4.69) is 201 Å². The Morgan fingerprint density at radius 3 is 1.00 bits per heavy atom.